The maximum Gasteiger partial charge on any atom is 0.309 e. The summed E-state index contributed by atoms with van der Waals surface area (Å²) < 4.78 is 0. The van der Waals surface area contributed by atoms with Crippen LogP contribution in [0.5, 0.6) is 0 Å². The first-order valence-corrected chi connectivity index (χ1v) is 7.27. The molecule has 1 aliphatic rings. The van der Waals surface area contributed by atoms with Gasteiger partial charge in [0, 0.05) is 25.2 Å². The monoisotopic (exact) mass is 290 g/mol. The molecule has 5 nitrogen and oxygen atoms in total. The molecule has 1 aliphatic heterocycles. The van der Waals surface area contributed by atoms with E-state index in [4.69, 9.17) is 5.73 Å². The minimum atomic E-state index is -0.772. The molecule has 1 aromatic carbocycles. The summed E-state index contributed by atoms with van der Waals surface area (Å²) in [5, 5.41) is 9.19. The Balaban J connectivity index is 1.86. The van der Waals surface area contributed by atoms with Crippen LogP contribution in [0.3, 0.4) is 0 Å². The zero-order valence-electron chi connectivity index (χ0n) is 12.3. The Kier molecular flexibility index (Phi) is 4.50. The Morgan fingerprint density at radius 3 is 2.48 bits per heavy atom. The van der Waals surface area contributed by atoms with Gasteiger partial charge in [0.25, 0.3) is 0 Å². The molecule has 1 aromatic rings. The third kappa shape index (κ3) is 3.54. The topological polar surface area (TPSA) is 83.6 Å². The lowest BCUT2D eigenvalue weighted by atomic mass is 9.80. The molecule has 0 unspecified atom stereocenters. The highest BCUT2D eigenvalue weighted by Crippen LogP contribution is 2.31. The Hall–Kier alpha value is -2.04. The van der Waals surface area contributed by atoms with E-state index in [0.717, 1.165) is 5.56 Å². The Morgan fingerprint density at radius 2 is 1.90 bits per heavy atom. The van der Waals surface area contributed by atoms with Crippen molar-refractivity contribution in [3.63, 3.8) is 0 Å². The van der Waals surface area contributed by atoms with Crippen molar-refractivity contribution >= 4 is 17.6 Å². The normalized spacial score (nSPS) is 17.5. The Labute approximate surface area is 124 Å². The number of hydrogen-bond acceptors (Lipinski definition) is 3. The molecule has 0 aliphatic carbocycles. The van der Waals surface area contributed by atoms with Gasteiger partial charge in [0.15, 0.2) is 0 Å². The highest BCUT2D eigenvalue weighted by molar-refractivity contribution is 5.78. The molecule has 1 fully saturated rings. The maximum atomic E-state index is 12.2. The van der Waals surface area contributed by atoms with Gasteiger partial charge in [-0.2, -0.15) is 0 Å². The summed E-state index contributed by atoms with van der Waals surface area (Å²) in [5.74, 6) is -0.697. The number of nitrogens with two attached hydrogens (primary N) is 1. The number of nitrogens with zero attached hydrogens (tertiary/aromatic N) is 1. The van der Waals surface area contributed by atoms with E-state index in [1.807, 2.05) is 24.3 Å². The summed E-state index contributed by atoms with van der Waals surface area (Å²) in [6.07, 6.45) is 2.07. The molecule has 3 N–H and O–H groups in total. The number of hydrogen-bond donors (Lipinski definition) is 2. The fourth-order valence-electron chi connectivity index (χ4n) is 2.63. The van der Waals surface area contributed by atoms with Crippen LogP contribution in [0.4, 0.5) is 5.69 Å². The molecule has 2 rings (SSSR count). The minimum absolute atomic E-state index is 0.0747. The molecular weight excluding hydrogens is 268 g/mol. The van der Waals surface area contributed by atoms with Crippen molar-refractivity contribution < 1.29 is 14.7 Å². The van der Waals surface area contributed by atoms with Crippen molar-refractivity contribution in [3.05, 3.63) is 29.8 Å². The number of anilines is 1. The lowest BCUT2D eigenvalue weighted by Gasteiger charge is -2.36. The molecule has 0 bridgehead atoms. The van der Waals surface area contributed by atoms with E-state index in [-0.39, 0.29) is 5.91 Å². The van der Waals surface area contributed by atoms with Gasteiger partial charge in [-0.1, -0.05) is 18.2 Å². The number of carbonyl (C=O) groups is 2. The van der Waals surface area contributed by atoms with Gasteiger partial charge in [-0.25, -0.2) is 0 Å². The number of para-hydroxylation sites is 1. The third-order valence-electron chi connectivity index (χ3n) is 4.40. The van der Waals surface area contributed by atoms with Crippen LogP contribution >= 0.6 is 0 Å². The molecular formula is C16H22N2O3. The molecule has 21 heavy (non-hydrogen) atoms. The summed E-state index contributed by atoms with van der Waals surface area (Å²) in [5.41, 5.74) is 6.87. The van der Waals surface area contributed by atoms with Gasteiger partial charge < -0.3 is 15.7 Å². The van der Waals surface area contributed by atoms with Crippen LogP contribution in [0.25, 0.3) is 0 Å². The quantitative estimate of drug-likeness (QED) is 0.830. The number of benzene rings is 1. The largest absolute Gasteiger partial charge is 0.481 e. The second-order valence-corrected chi connectivity index (χ2v) is 5.95. The number of likely N-dealkylation sites (tertiary alicyclic amines) is 1. The average molecular weight is 290 g/mol. The van der Waals surface area contributed by atoms with Gasteiger partial charge >= 0.3 is 5.97 Å². The maximum absolute atomic E-state index is 12.2. The van der Waals surface area contributed by atoms with Crippen LogP contribution < -0.4 is 5.73 Å². The van der Waals surface area contributed by atoms with E-state index in [1.165, 1.54) is 0 Å². The van der Waals surface area contributed by atoms with Crippen LogP contribution in [-0.4, -0.2) is 35.0 Å². The summed E-state index contributed by atoms with van der Waals surface area (Å²) in [4.78, 5) is 25.2. The fourth-order valence-corrected chi connectivity index (χ4v) is 2.63. The summed E-state index contributed by atoms with van der Waals surface area (Å²) >= 11 is 0. The molecule has 0 atom stereocenters. The molecule has 5 heteroatoms. The molecule has 1 saturated heterocycles. The first-order valence-electron chi connectivity index (χ1n) is 7.27. The number of aliphatic carboxylic acids is 1. The summed E-state index contributed by atoms with van der Waals surface area (Å²) in [6.45, 7) is 2.79. The number of piperidine rings is 1. The van der Waals surface area contributed by atoms with Crippen molar-refractivity contribution in [3.8, 4) is 0 Å². The second kappa shape index (κ2) is 6.16. The third-order valence-corrected chi connectivity index (χ3v) is 4.40. The molecule has 1 amide bonds. The minimum Gasteiger partial charge on any atom is -0.481 e. The number of carbonyl (C=O) groups excluding carboxylic acids is 1. The van der Waals surface area contributed by atoms with Crippen molar-refractivity contribution in [1.82, 2.24) is 4.90 Å². The molecule has 114 valence electrons. The molecule has 0 radical (unpaired) electrons. The lowest BCUT2D eigenvalue weighted by molar-refractivity contribution is -0.153. The van der Waals surface area contributed by atoms with Crippen molar-refractivity contribution in [1.29, 1.82) is 0 Å². The standard InChI is InChI=1S/C16H22N2O3/c1-16(15(20)21)8-10-18(11-9-16)14(19)7-6-12-4-2-3-5-13(12)17/h2-5H,6-11,17H2,1H3,(H,20,21). The van der Waals surface area contributed by atoms with Crippen LogP contribution in [0.1, 0.15) is 31.7 Å². The van der Waals surface area contributed by atoms with Crippen molar-refractivity contribution in [2.45, 2.75) is 32.6 Å². The van der Waals surface area contributed by atoms with Crippen molar-refractivity contribution in [2.24, 2.45) is 5.41 Å². The predicted molar refractivity (Wildman–Crippen MR) is 80.7 cm³/mol. The van der Waals surface area contributed by atoms with E-state index < -0.39 is 11.4 Å². The van der Waals surface area contributed by atoms with E-state index in [1.54, 1.807) is 11.8 Å². The van der Waals surface area contributed by atoms with Gasteiger partial charge in [-0.15, -0.1) is 0 Å². The average Bonchev–Trinajstić information content (AvgIpc) is 2.46. The van der Waals surface area contributed by atoms with Crippen LogP contribution in [0, 0.1) is 5.41 Å². The first kappa shape index (κ1) is 15.4. The Morgan fingerprint density at radius 1 is 1.29 bits per heavy atom. The van der Waals surface area contributed by atoms with E-state index in [9.17, 15) is 14.7 Å². The van der Waals surface area contributed by atoms with Gasteiger partial charge in [0.1, 0.15) is 0 Å². The van der Waals surface area contributed by atoms with Gasteiger partial charge in [0.05, 0.1) is 5.41 Å². The zero-order valence-corrected chi connectivity index (χ0v) is 12.3. The highest BCUT2D eigenvalue weighted by Gasteiger charge is 2.37. The SMILES string of the molecule is CC1(C(=O)O)CCN(C(=O)CCc2ccccc2N)CC1. The molecule has 1 heterocycles. The summed E-state index contributed by atoms with van der Waals surface area (Å²) in [6, 6.07) is 7.55. The fraction of sp³-hybridized carbons (Fsp3) is 0.500. The summed E-state index contributed by atoms with van der Waals surface area (Å²) in [7, 11) is 0. The number of carboxylic acids is 1. The van der Waals surface area contributed by atoms with E-state index in [0.29, 0.717) is 44.5 Å². The van der Waals surface area contributed by atoms with Crippen LogP contribution in [0.15, 0.2) is 24.3 Å². The smallest absolute Gasteiger partial charge is 0.309 e. The number of carboxylic acid groups (broad SMARTS) is 1. The van der Waals surface area contributed by atoms with Crippen LogP contribution in [0.2, 0.25) is 0 Å². The molecule has 0 aromatic heterocycles. The number of amides is 1. The number of aryl methyl sites for hydroxylation is 1. The van der Waals surface area contributed by atoms with Crippen molar-refractivity contribution in [2.75, 3.05) is 18.8 Å². The van der Waals surface area contributed by atoms with Gasteiger partial charge in [-0.3, -0.25) is 9.59 Å². The number of rotatable bonds is 4. The molecule has 0 spiro atoms. The van der Waals surface area contributed by atoms with E-state index >= 15 is 0 Å². The first-order chi connectivity index (χ1) is 9.92. The van der Waals surface area contributed by atoms with Crippen LogP contribution in [-0.2, 0) is 16.0 Å². The Bertz CT molecular complexity index is 534. The predicted octanol–water partition coefficient (Wildman–Crippen LogP) is 1.91. The molecule has 0 saturated carbocycles. The zero-order chi connectivity index (χ0) is 15.5. The van der Waals surface area contributed by atoms with Gasteiger partial charge in [0.2, 0.25) is 5.91 Å². The lowest BCUT2D eigenvalue weighted by Crippen LogP contribution is -2.45. The highest BCUT2D eigenvalue weighted by atomic mass is 16.4. The van der Waals surface area contributed by atoms with Gasteiger partial charge in [-0.05, 0) is 37.8 Å². The second-order valence-electron chi connectivity index (χ2n) is 5.95. The number of nitrogen functional groups attached to an aromatic ring is 1. The van der Waals surface area contributed by atoms with E-state index in [2.05, 4.69) is 0 Å².